The van der Waals surface area contributed by atoms with Gasteiger partial charge in [0.05, 0.1) is 44.7 Å². The molecule has 0 bridgehead atoms. The molecule has 246 valence electrons. The highest BCUT2D eigenvalue weighted by Crippen LogP contribution is 2.41. The SMILES string of the molecule is N#Cc1cccc(-c2cc(-n3c4ccccc4c4ccccc43)cc(-n3c4ccccc4c4cc5c6ccccc6n(-c6ccccc6)c5cc43)c2)c1. The van der Waals surface area contributed by atoms with Crippen molar-refractivity contribution in [2.24, 2.45) is 0 Å². The van der Waals surface area contributed by atoms with Crippen molar-refractivity contribution in [1.82, 2.24) is 13.7 Å². The molecule has 0 radical (unpaired) electrons. The Balaban J connectivity index is 1.28. The van der Waals surface area contributed by atoms with Gasteiger partial charge < -0.3 is 13.7 Å². The Morgan fingerprint density at radius 2 is 0.755 bits per heavy atom. The van der Waals surface area contributed by atoms with Crippen molar-refractivity contribution < 1.29 is 0 Å². The van der Waals surface area contributed by atoms with E-state index in [1.807, 2.05) is 18.2 Å². The van der Waals surface area contributed by atoms with Gasteiger partial charge in [-0.05, 0) is 90.0 Å². The summed E-state index contributed by atoms with van der Waals surface area (Å²) in [6, 6.07) is 67.3. The Morgan fingerprint density at radius 3 is 1.28 bits per heavy atom. The minimum absolute atomic E-state index is 0.638. The van der Waals surface area contributed by atoms with Gasteiger partial charge in [0.1, 0.15) is 0 Å². The van der Waals surface area contributed by atoms with Gasteiger partial charge in [-0.1, -0.05) is 103 Å². The number of rotatable bonds is 4. The molecule has 0 atom stereocenters. The van der Waals surface area contributed by atoms with Crippen LogP contribution in [-0.4, -0.2) is 13.7 Å². The first-order valence-corrected chi connectivity index (χ1v) is 17.9. The van der Waals surface area contributed by atoms with Gasteiger partial charge in [0.25, 0.3) is 0 Å². The van der Waals surface area contributed by atoms with Crippen LogP contribution in [0.2, 0.25) is 0 Å². The zero-order valence-corrected chi connectivity index (χ0v) is 28.6. The van der Waals surface area contributed by atoms with Crippen LogP contribution in [0.15, 0.2) is 182 Å². The van der Waals surface area contributed by atoms with Crippen LogP contribution < -0.4 is 0 Å². The van der Waals surface area contributed by atoms with Crippen molar-refractivity contribution in [2.75, 3.05) is 0 Å². The molecule has 0 fully saturated rings. The molecule has 0 saturated heterocycles. The van der Waals surface area contributed by atoms with E-state index in [0.717, 1.165) is 55.8 Å². The molecule has 3 heterocycles. The van der Waals surface area contributed by atoms with Crippen molar-refractivity contribution in [1.29, 1.82) is 5.26 Å². The Morgan fingerprint density at radius 1 is 0.302 bits per heavy atom. The number of fused-ring (bicyclic) bond motifs is 9. The number of hydrogen-bond acceptors (Lipinski definition) is 1. The third kappa shape index (κ3) is 4.35. The van der Waals surface area contributed by atoms with Crippen LogP contribution in [0.25, 0.3) is 93.6 Å². The minimum atomic E-state index is 0.638. The lowest BCUT2D eigenvalue weighted by atomic mass is 10.0. The first kappa shape index (κ1) is 29.4. The summed E-state index contributed by atoms with van der Waals surface area (Å²) in [5.41, 5.74) is 12.8. The fraction of sp³-hybridized carbons (Fsp3) is 0. The van der Waals surface area contributed by atoms with Crippen LogP contribution in [0, 0.1) is 11.3 Å². The highest BCUT2D eigenvalue weighted by Gasteiger charge is 2.20. The maximum Gasteiger partial charge on any atom is 0.0991 e. The average Bonchev–Trinajstić information content (AvgIpc) is 3.85. The van der Waals surface area contributed by atoms with Gasteiger partial charge in [0.15, 0.2) is 0 Å². The summed E-state index contributed by atoms with van der Waals surface area (Å²) in [6.45, 7) is 0. The second kappa shape index (κ2) is 11.3. The van der Waals surface area contributed by atoms with E-state index in [1.54, 1.807) is 0 Å². The molecule has 11 rings (SSSR count). The van der Waals surface area contributed by atoms with Gasteiger partial charge in [0, 0.05) is 49.4 Å². The lowest BCUT2D eigenvalue weighted by Gasteiger charge is -2.16. The number of benzene rings is 8. The molecule has 0 spiro atoms. The highest BCUT2D eigenvalue weighted by atomic mass is 15.0. The Bertz CT molecular complexity index is 3240. The van der Waals surface area contributed by atoms with Gasteiger partial charge in [-0.3, -0.25) is 0 Å². The highest BCUT2D eigenvalue weighted by molar-refractivity contribution is 6.19. The predicted octanol–water partition coefficient (Wildman–Crippen LogP) is 12.5. The molecule has 0 unspecified atom stereocenters. The molecule has 4 nitrogen and oxygen atoms in total. The summed E-state index contributed by atoms with van der Waals surface area (Å²) < 4.78 is 7.19. The van der Waals surface area contributed by atoms with Crippen LogP contribution in [-0.2, 0) is 0 Å². The maximum atomic E-state index is 9.88. The molecule has 3 aromatic heterocycles. The van der Waals surface area contributed by atoms with Crippen LogP contribution in [0.4, 0.5) is 0 Å². The zero-order chi connectivity index (χ0) is 35.0. The topological polar surface area (TPSA) is 38.6 Å². The van der Waals surface area contributed by atoms with Gasteiger partial charge in [-0.25, -0.2) is 0 Å². The number of para-hydroxylation sites is 5. The number of nitriles is 1. The molecule has 0 aliphatic carbocycles. The van der Waals surface area contributed by atoms with Crippen LogP contribution in [0.1, 0.15) is 5.56 Å². The van der Waals surface area contributed by atoms with E-state index in [9.17, 15) is 5.26 Å². The third-order valence-corrected chi connectivity index (χ3v) is 10.8. The van der Waals surface area contributed by atoms with E-state index in [1.165, 1.54) is 37.8 Å². The van der Waals surface area contributed by atoms with Crippen LogP contribution >= 0.6 is 0 Å². The second-order valence-electron chi connectivity index (χ2n) is 13.7. The average molecular weight is 675 g/mol. The van der Waals surface area contributed by atoms with Crippen LogP contribution in [0.3, 0.4) is 0 Å². The first-order chi connectivity index (χ1) is 26.2. The van der Waals surface area contributed by atoms with E-state index in [2.05, 4.69) is 184 Å². The zero-order valence-electron chi connectivity index (χ0n) is 28.6. The number of hydrogen-bond donors (Lipinski definition) is 0. The Hall–Kier alpha value is -7.35. The molecular formula is C49H30N4. The van der Waals surface area contributed by atoms with Gasteiger partial charge in [0.2, 0.25) is 0 Å². The van der Waals surface area contributed by atoms with Gasteiger partial charge in [-0.15, -0.1) is 0 Å². The molecule has 0 saturated carbocycles. The second-order valence-corrected chi connectivity index (χ2v) is 13.7. The smallest absolute Gasteiger partial charge is 0.0991 e. The summed E-state index contributed by atoms with van der Waals surface area (Å²) in [4.78, 5) is 0. The molecule has 8 aromatic carbocycles. The van der Waals surface area contributed by atoms with Crippen molar-refractivity contribution in [3.8, 4) is 34.3 Å². The molecule has 11 aromatic rings. The molecule has 53 heavy (non-hydrogen) atoms. The predicted molar refractivity (Wildman–Crippen MR) is 220 cm³/mol. The number of nitrogens with zero attached hydrogens (tertiary/aromatic N) is 4. The minimum Gasteiger partial charge on any atom is -0.309 e. The molecular weight excluding hydrogens is 645 g/mol. The molecule has 0 amide bonds. The molecule has 0 aliphatic heterocycles. The third-order valence-electron chi connectivity index (χ3n) is 10.8. The quantitative estimate of drug-likeness (QED) is 0.183. The van der Waals surface area contributed by atoms with Crippen molar-refractivity contribution in [2.45, 2.75) is 0 Å². The van der Waals surface area contributed by atoms with Gasteiger partial charge in [-0.2, -0.15) is 5.26 Å². The Kier molecular flexibility index (Phi) is 6.28. The fourth-order valence-corrected chi connectivity index (χ4v) is 8.55. The van der Waals surface area contributed by atoms with Crippen molar-refractivity contribution in [3.05, 3.63) is 188 Å². The lowest BCUT2D eigenvalue weighted by Crippen LogP contribution is -2.00. The van der Waals surface area contributed by atoms with Gasteiger partial charge >= 0.3 is 0 Å². The van der Waals surface area contributed by atoms with Crippen molar-refractivity contribution in [3.63, 3.8) is 0 Å². The summed E-state index contributed by atoms with van der Waals surface area (Å²) in [5.74, 6) is 0. The van der Waals surface area contributed by atoms with E-state index >= 15 is 0 Å². The maximum absolute atomic E-state index is 9.88. The monoisotopic (exact) mass is 674 g/mol. The van der Waals surface area contributed by atoms with E-state index in [0.29, 0.717) is 5.56 Å². The standard InChI is InChI=1S/C49H30N4/c50-31-32-13-12-14-33(25-32)34-26-36(52-44-21-8-4-17-38(44)39-18-5-9-22-45(39)52)28-37(27-34)53-47-24-11-7-20-41(47)43-29-42-40-19-6-10-23-46(40)51(48(42)30-49(43)53)35-15-2-1-3-16-35/h1-30H. The summed E-state index contributed by atoms with van der Waals surface area (Å²) in [6.07, 6.45) is 0. The van der Waals surface area contributed by atoms with Crippen LogP contribution in [0.5, 0.6) is 0 Å². The normalized spacial score (nSPS) is 11.8. The number of aromatic nitrogens is 3. The van der Waals surface area contributed by atoms with E-state index < -0.39 is 0 Å². The van der Waals surface area contributed by atoms with E-state index in [4.69, 9.17) is 0 Å². The summed E-state index contributed by atoms with van der Waals surface area (Å²) in [5, 5.41) is 17.2. The lowest BCUT2D eigenvalue weighted by molar-refractivity contribution is 1.13. The first-order valence-electron chi connectivity index (χ1n) is 17.9. The van der Waals surface area contributed by atoms with Crippen molar-refractivity contribution >= 4 is 65.4 Å². The summed E-state index contributed by atoms with van der Waals surface area (Å²) >= 11 is 0. The molecule has 4 heteroatoms. The fourth-order valence-electron chi connectivity index (χ4n) is 8.55. The molecule has 0 N–H and O–H groups in total. The largest absolute Gasteiger partial charge is 0.309 e. The molecule has 0 aliphatic rings. The Labute approximate surface area is 305 Å². The van der Waals surface area contributed by atoms with E-state index in [-0.39, 0.29) is 0 Å². The summed E-state index contributed by atoms with van der Waals surface area (Å²) in [7, 11) is 0.